The summed E-state index contributed by atoms with van der Waals surface area (Å²) in [5.74, 6) is -0.856. The highest BCUT2D eigenvalue weighted by Gasteiger charge is 2.57. The van der Waals surface area contributed by atoms with Gasteiger partial charge in [-0.25, -0.2) is 9.50 Å². The van der Waals surface area contributed by atoms with E-state index in [2.05, 4.69) is 33.6 Å². The van der Waals surface area contributed by atoms with Crippen LogP contribution in [-0.2, 0) is 43.3 Å². The third-order valence-electron chi connectivity index (χ3n) is 8.27. The third kappa shape index (κ3) is 9.44. The average Bonchev–Trinajstić information content (AvgIpc) is 3.70. The number of imidazole rings is 1. The molecule has 288 valence electrons. The van der Waals surface area contributed by atoms with E-state index in [9.17, 15) is 9.13 Å². The second-order valence-corrected chi connectivity index (χ2v) is 25.2. The zero-order chi connectivity index (χ0) is 38.1. The summed E-state index contributed by atoms with van der Waals surface area (Å²) in [5.41, 5.74) is 1.94. The van der Waals surface area contributed by atoms with Crippen molar-refractivity contribution in [3.8, 4) is 0 Å². The predicted octanol–water partition coefficient (Wildman–Crippen LogP) is 9.36. The van der Waals surface area contributed by atoms with Crippen LogP contribution < -0.4 is 5.32 Å². The average molecular weight is 800 g/mol. The number of nitrogens with zero attached hydrogens (tertiary/aromatic N) is 4. The van der Waals surface area contributed by atoms with Gasteiger partial charge in [-0.1, -0.05) is 56.4 Å². The summed E-state index contributed by atoms with van der Waals surface area (Å²) in [5, 5.41) is 8.10. The van der Waals surface area contributed by atoms with Gasteiger partial charge in [-0.3, -0.25) is 9.13 Å². The second-order valence-electron chi connectivity index (χ2n) is 17.0. The number of halogens is 1. The number of fused-ring (bicyclic) bond motifs is 3. The molecule has 0 saturated carbocycles. The topological polar surface area (TPSA) is 145 Å². The Morgan fingerprint density at radius 3 is 2.33 bits per heavy atom. The molecule has 0 amide bonds. The molecule has 13 nitrogen and oxygen atoms in total. The number of anilines is 1. The number of aromatic nitrogens is 4. The Morgan fingerprint density at radius 2 is 1.67 bits per heavy atom. The van der Waals surface area contributed by atoms with E-state index in [0.29, 0.717) is 17.2 Å². The third-order valence-corrected chi connectivity index (χ3v) is 18.1. The van der Waals surface area contributed by atoms with Gasteiger partial charge in [0, 0.05) is 4.75 Å². The molecular weight excluding hydrogens is 748 g/mol. The Balaban J connectivity index is 1.28. The minimum Gasteiger partial charge on any atom is -0.361 e. The molecule has 6 rings (SSSR count). The lowest BCUT2D eigenvalue weighted by atomic mass is 10.1. The van der Waals surface area contributed by atoms with E-state index in [1.54, 1.807) is 52.3 Å². The van der Waals surface area contributed by atoms with Crippen molar-refractivity contribution in [3.05, 3.63) is 52.6 Å². The van der Waals surface area contributed by atoms with Gasteiger partial charge >= 0.3 is 7.60 Å². The van der Waals surface area contributed by atoms with Crippen molar-refractivity contribution in [2.75, 3.05) is 17.8 Å². The van der Waals surface area contributed by atoms with Crippen LogP contribution in [0.4, 0.5) is 5.82 Å². The lowest BCUT2D eigenvalue weighted by Gasteiger charge is -2.35. The van der Waals surface area contributed by atoms with Gasteiger partial charge in [0.2, 0.25) is 5.28 Å². The number of ether oxygens (including phenoxy) is 3. The summed E-state index contributed by atoms with van der Waals surface area (Å²) in [6.45, 7) is 16.2. The molecule has 1 N–H and O–H groups in total. The zero-order valence-electron chi connectivity index (χ0n) is 31.8. The molecule has 0 spiro atoms. The highest BCUT2D eigenvalue weighted by Crippen LogP contribution is 2.74. The lowest BCUT2D eigenvalue weighted by Crippen LogP contribution is -2.33. The van der Waals surface area contributed by atoms with Crippen LogP contribution in [0, 0.1) is 0 Å². The first kappa shape index (κ1) is 40.1. The molecule has 0 radical (unpaired) electrons. The van der Waals surface area contributed by atoms with Crippen LogP contribution in [0.1, 0.15) is 112 Å². The maximum Gasteiger partial charge on any atom is 0.342 e. The van der Waals surface area contributed by atoms with Crippen LogP contribution in [0.15, 0.2) is 30.5 Å². The van der Waals surface area contributed by atoms with Crippen molar-refractivity contribution in [2.45, 2.75) is 141 Å². The van der Waals surface area contributed by atoms with Crippen molar-refractivity contribution < 1.29 is 36.9 Å². The maximum absolute atomic E-state index is 14.8. The minimum absolute atomic E-state index is 0.0402. The van der Waals surface area contributed by atoms with Crippen molar-refractivity contribution in [1.82, 2.24) is 19.6 Å². The van der Waals surface area contributed by atoms with Crippen LogP contribution in [0.5, 0.6) is 0 Å². The van der Waals surface area contributed by atoms with E-state index in [1.165, 1.54) is 11.1 Å². The molecule has 3 aliphatic rings. The fourth-order valence-electron chi connectivity index (χ4n) is 6.91. The number of hydrogen-bond acceptors (Lipinski definition) is 13. The number of aryl methyl sites for hydroxylation is 1. The molecule has 2 fully saturated rings. The van der Waals surface area contributed by atoms with Crippen LogP contribution in [0.25, 0.3) is 5.65 Å². The van der Waals surface area contributed by atoms with Crippen molar-refractivity contribution in [2.24, 2.45) is 0 Å². The van der Waals surface area contributed by atoms with Crippen molar-refractivity contribution in [1.29, 1.82) is 0 Å². The monoisotopic (exact) mass is 799 g/mol. The highest BCUT2D eigenvalue weighted by atomic mass is 35.5. The van der Waals surface area contributed by atoms with Crippen molar-refractivity contribution >= 4 is 48.6 Å². The predicted molar refractivity (Wildman–Crippen MR) is 203 cm³/mol. The lowest BCUT2D eigenvalue weighted by molar-refractivity contribution is -0.190. The van der Waals surface area contributed by atoms with E-state index in [1.807, 2.05) is 40.7 Å². The molecule has 1 unspecified atom stereocenters. The SMILES string of the molecule is CC(C)(C)OP(=O)(CP(=O)(OC[C@H]1O[C@@H](c2cnc3c(N[C@H]4CCc5ccccc54)nc(Cl)nn23)[C@@H]2OC(C)(C)O[C@@H]21)SC(C)(C)C)OC(C)(C)C. The van der Waals surface area contributed by atoms with E-state index in [4.69, 9.17) is 44.4 Å². The molecule has 4 heterocycles. The van der Waals surface area contributed by atoms with Gasteiger partial charge in [-0.15, -0.1) is 5.10 Å². The Labute approximate surface area is 315 Å². The first-order valence-corrected chi connectivity index (χ1v) is 23.0. The van der Waals surface area contributed by atoms with Crippen molar-refractivity contribution in [3.63, 3.8) is 0 Å². The fraction of sp³-hybridized carbons (Fsp3) is 0.686. The van der Waals surface area contributed by atoms with Gasteiger partial charge in [0.05, 0.1) is 35.7 Å². The molecule has 52 heavy (non-hydrogen) atoms. The van der Waals surface area contributed by atoms with Gasteiger partial charge in [0.15, 0.2) is 17.3 Å². The Hall–Kier alpha value is -1.57. The van der Waals surface area contributed by atoms with Gasteiger partial charge in [-0.05, 0) is 91.0 Å². The highest BCUT2D eigenvalue weighted by molar-refractivity contribution is 8.58. The summed E-state index contributed by atoms with van der Waals surface area (Å²) < 4.78 is 68.0. The standard InChI is InChI=1S/C35H52ClN5O8P2S/c1-32(2,3)48-50(42,49-33(4,5)6)20-51(43,52-34(7,8)9)44-19-25-27-28(47-35(10,11)46-27)26(45-25)24-18-37-30-29(39-31(36)40-41(24)30)38-23-17-16-21-14-12-13-15-22(21)23/h12-15,18,23,25-28H,16-17,19-20H2,1-11H3,(H,38,39,40)/t23-,25+,26-,27+,28-,51?/m0/s1. The van der Waals surface area contributed by atoms with E-state index >= 15 is 0 Å². The summed E-state index contributed by atoms with van der Waals surface area (Å²) in [6.07, 6.45) is 0.970. The molecular formula is C35H52ClN5O8P2S. The van der Waals surface area contributed by atoms with E-state index in [0.717, 1.165) is 24.2 Å². The molecule has 1 aliphatic carbocycles. The van der Waals surface area contributed by atoms with Gasteiger partial charge in [-0.2, -0.15) is 4.98 Å². The normalized spacial score (nSPS) is 26.0. The van der Waals surface area contributed by atoms with Gasteiger partial charge < -0.3 is 33.1 Å². The summed E-state index contributed by atoms with van der Waals surface area (Å²) >= 11 is 7.64. The smallest absolute Gasteiger partial charge is 0.342 e. The fourth-order valence-corrected chi connectivity index (χ4v) is 17.4. The molecule has 17 heteroatoms. The number of hydrogen-bond donors (Lipinski definition) is 1. The molecule has 3 aromatic rings. The largest absolute Gasteiger partial charge is 0.361 e. The number of rotatable bonds is 11. The summed E-state index contributed by atoms with van der Waals surface area (Å²) in [7, 11) is -3.94. The first-order valence-electron chi connectivity index (χ1n) is 17.6. The van der Waals surface area contributed by atoms with Crippen LogP contribution in [-0.4, -0.2) is 72.1 Å². The van der Waals surface area contributed by atoms with Crippen LogP contribution in [0.2, 0.25) is 5.28 Å². The number of nitrogens with one attached hydrogen (secondary N) is 1. The molecule has 2 aliphatic heterocycles. The molecule has 0 bridgehead atoms. The zero-order valence-corrected chi connectivity index (χ0v) is 35.2. The van der Waals surface area contributed by atoms with E-state index in [-0.39, 0.29) is 17.9 Å². The van der Waals surface area contributed by atoms with E-state index < -0.39 is 66.2 Å². The van der Waals surface area contributed by atoms with Crippen LogP contribution >= 0.6 is 37.1 Å². The molecule has 2 aromatic heterocycles. The Bertz CT molecular complexity index is 1870. The Morgan fingerprint density at radius 1 is 1.02 bits per heavy atom. The summed E-state index contributed by atoms with van der Waals surface area (Å²) in [6, 6.07) is 8.40. The first-order chi connectivity index (χ1) is 23.9. The Kier molecular flexibility index (Phi) is 10.9. The number of benzene rings is 1. The minimum atomic E-state index is -3.94. The quantitative estimate of drug-likeness (QED) is 0.184. The molecule has 1 aromatic carbocycles. The molecule has 6 atom stereocenters. The van der Waals surface area contributed by atoms with Gasteiger partial charge in [0.1, 0.15) is 30.3 Å². The second kappa shape index (κ2) is 14.2. The molecule has 2 saturated heterocycles. The van der Waals surface area contributed by atoms with Crippen LogP contribution in [0.3, 0.4) is 0 Å². The summed E-state index contributed by atoms with van der Waals surface area (Å²) in [4.78, 5) is 9.21. The van der Waals surface area contributed by atoms with Gasteiger partial charge in [0.25, 0.3) is 6.57 Å². The maximum atomic E-state index is 14.8.